The van der Waals surface area contributed by atoms with Crippen molar-refractivity contribution in [2.24, 2.45) is 5.73 Å². The zero-order valence-electron chi connectivity index (χ0n) is 13.2. The summed E-state index contributed by atoms with van der Waals surface area (Å²) in [4.78, 5) is 25.7. The maximum atomic E-state index is 12.4. The van der Waals surface area contributed by atoms with Crippen LogP contribution in [0.3, 0.4) is 0 Å². The Balaban J connectivity index is 1.93. The number of benzene rings is 1. The van der Waals surface area contributed by atoms with Gasteiger partial charge in [-0.2, -0.15) is 0 Å². The van der Waals surface area contributed by atoms with Crippen molar-refractivity contribution in [3.05, 3.63) is 29.8 Å². The minimum atomic E-state index is -0.466. The second-order valence-electron chi connectivity index (χ2n) is 5.91. The predicted molar refractivity (Wildman–Crippen MR) is 87.7 cm³/mol. The van der Waals surface area contributed by atoms with E-state index in [1.54, 1.807) is 24.3 Å². The zero-order valence-corrected chi connectivity index (χ0v) is 13.2. The van der Waals surface area contributed by atoms with Crippen molar-refractivity contribution in [1.82, 2.24) is 4.90 Å². The molecule has 22 heavy (non-hydrogen) atoms. The van der Waals surface area contributed by atoms with E-state index >= 15 is 0 Å². The highest BCUT2D eigenvalue weighted by molar-refractivity contribution is 5.96. The molecule has 1 atom stereocenters. The molecular formula is C17H25N3O2. The van der Waals surface area contributed by atoms with Crippen molar-refractivity contribution in [1.29, 1.82) is 0 Å². The summed E-state index contributed by atoms with van der Waals surface area (Å²) in [6.07, 6.45) is 6.12. The molecule has 120 valence electrons. The minimum Gasteiger partial charge on any atom is -0.366 e. The molecule has 0 saturated carbocycles. The van der Waals surface area contributed by atoms with E-state index in [4.69, 9.17) is 5.73 Å². The molecule has 0 spiro atoms. The molecule has 3 N–H and O–H groups in total. The molecule has 1 aliphatic rings. The highest BCUT2D eigenvalue weighted by atomic mass is 16.2. The highest BCUT2D eigenvalue weighted by Crippen LogP contribution is 2.15. The third kappa shape index (κ3) is 4.56. The van der Waals surface area contributed by atoms with Gasteiger partial charge < -0.3 is 11.1 Å². The molecule has 1 heterocycles. The topological polar surface area (TPSA) is 75.4 Å². The van der Waals surface area contributed by atoms with Gasteiger partial charge in [0.05, 0.1) is 6.04 Å². The summed E-state index contributed by atoms with van der Waals surface area (Å²) in [6, 6.07) is 6.52. The Bertz CT molecular complexity index is 505. The van der Waals surface area contributed by atoms with Crippen LogP contribution in [-0.2, 0) is 4.79 Å². The smallest absolute Gasteiger partial charge is 0.248 e. The Hall–Kier alpha value is -1.88. The Labute approximate surface area is 131 Å². The number of amides is 2. The fraction of sp³-hybridized carbons (Fsp3) is 0.529. The average Bonchev–Trinajstić information content (AvgIpc) is 2.47. The quantitative estimate of drug-likeness (QED) is 0.896. The number of hydrogen-bond donors (Lipinski definition) is 2. The summed E-state index contributed by atoms with van der Waals surface area (Å²) in [6.45, 7) is 3.92. The van der Waals surface area contributed by atoms with Gasteiger partial charge in [-0.05, 0) is 57.1 Å². The lowest BCUT2D eigenvalue weighted by atomic mass is 10.1. The van der Waals surface area contributed by atoms with Crippen LogP contribution in [0.15, 0.2) is 24.3 Å². The Morgan fingerprint density at radius 3 is 2.14 bits per heavy atom. The number of nitrogens with two attached hydrogens (primary N) is 1. The Morgan fingerprint density at radius 1 is 1.05 bits per heavy atom. The fourth-order valence-electron chi connectivity index (χ4n) is 2.79. The van der Waals surface area contributed by atoms with Crippen molar-refractivity contribution in [3.63, 3.8) is 0 Å². The summed E-state index contributed by atoms with van der Waals surface area (Å²) in [5.41, 5.74) is 6.33. The van der Waals surface area contributed by atoms with Gasteiger partial charge in [-0.15, -0.1) is 0 Å². The van der Waals surface area contributed by atoms with Gasteiger partial charge in [-0.1, -0.05) is 19.3 Å². The van der Waals surface area contributed by atoms with E-state index in [-0.39, 0.29) is 11.9 Å². The third-order valence-corrected chi connectivity index (χ3v) is 4.25. The molecule has 1 aromatic carbocycles. The van der Waals surface area contributed by atoms with Gasteiger partial charge in [0.2, 0.25) is 11.8 Å². The van der Waals surface area contributed by atoms with Crippen LogP contribution in [0.1, 0.15) is 49.4 Å². The van der Waals surface area contributed by atoms with Crippen LogP contribution in [0.5, 0.6) is 0 Å². The number of primary amides is 1. The number of rotatable bonds is 4. The molecule has 2 rings (SSSR count). The lowest BCUT2D eigenvalue weighted by Gasteiger charge is -2.29. The van der Waals surface area contributed by atoms with Gasteiger partial charge >= 0.3 is 0 Å². The second-order valence-corrected chi connectivity index (χ2v) is 5.91. The van der Waals surface area contributed by atoms with Crippen LogP contribution in [0.25, 0.3) is 0 Å². The van der Waals surface area contributed by atoms with E-state index in [1.807, 2.05) is 6.92 Å². The van der Waals surface area contributed by atoms with Gasteiger partial charge in [0.1, 0.15) is 0 Å². The van der Waals surface area contributed by atoms with E-state index in [9.17, 15) is 9.59 Å². The summed E-state index contributed by atoms with van der Waals surface area (Å²) >= 11 is 0. The summed E-state index contributed by atoms with van der Waals surface area (Å²) in [5.74, 6) is -0.473. The van der Waals surface area contributed by atoms with Crippen molar-refractivity contribution >= 4 is 17.5 Å². The maximum absolute atomic E-state index is 12.4. The fourth-order valence-corrected chi connectivity index (χ4v) is 2.79. The van der Waals surface area contributed by atoms with Gasteiger partial charge in [-0.25, -0.2) is 0 Å². The monoisotopic (exact) mass is 303 g/mol. The standard InChI is InChI=1S/C17H25N3O2/c1-13(20-11-5-3-2-4-6-12-20)17(22)19-15-9-7-14(8-10-15)16(18)21/h7-10,13H,2-6,11-12H2,1H3,(H2,18,21)(H,19,22)/t13-/m0/s1. The third-order valence-electron chi connectivity index (χ3n) is 4.25. The number of nitrogens with zero attached hydrogens (tertiary/aromatic N) is 1. The van der Waals surface area contributed by atoms with Crippen LogP contribution in [0.2, 0.25) is 0 Å². The largest absolute Gasteiger partial charge is 0.366 e. The van der Waals surface area contributed by atoms with Crippen molar-refractivity contribution in [3.8, 4) is 0 Å². The van der Waals surface area contributed by atoms with Gasteiger partial charge in [-0.3, -0.25) is 14.5 Å². The molecule has 5 heteroatoms. The molecule has 5 nitrogen and oxygen atoms in total. The normalized spacial score (nSPS) is 18.0. The van der Waals surface area contributed by atoms with E-state index in [2.05, 4.69) is 10.2 Å². The summed E-state index contributed by atoms with van der Waals surface area (Å²) in [7, 11) is 0. The number of carbonyl (C=O) groups is 2. The second kappa shape index (κ2) is 7.94. The van der Waals surface area contributed by atoms with Crippen LogP contribution in [0, 0.1) is 0 Å². The maximum Gasteiger partial charge on any atom is 0.248 e. The molecular weight excluding hydrogens is 278 g/mol. The Morgan fingerprint density at radius 2 is 1.59 bits per heavy atom. The number of carbonyl (C=O) groups excluding carboxylic acids is 2. The predicted octanol–water partition coefficient (Wildman–Crippen LogP) is 2.38. The molecule has 1 saturated heterocycles. The number of anilines is 1. The number of hydrogen-bond acceptors (Lipinski definition) is 3. The Kier molecular flexibility index (Phi) is 5.95. The van der Waals surface area contributed by atoms with E-state index in [0.29, 0.717) is 11.3 Å². The van der Waals surface area contributed by atoms with Crippen LogP contribution >= 0.6 is 0 Å². The van der Waals surface area contributed by atoms with E-state index in [1.165, 1.54) is 19.3 Å². The molecule has 1 aliphatic heterocycles. The average molecular weight is 303 g/mol. The zero-order chi connectivity index (χ0) is 15.9. The molecule has 0 unspecified atom stereocenters. The lowest BCUT2D eigenvalue weighted by Crippen LogP contribution is -2.43. The van der Waals surface area contributed by atoms with Gasteiger partial charge in [0, 0.05) is 11.3 Å². The van der Waals surface area contributed by atoms with Crippen molar-refractivity contribution in [2.75, 3.05) is 18.4 Å². The van der Waals surface area contributed by atoms with Crippen LogP contribution in [0.4, 0.5) is 5.69 Å². The van der Waals surface area contributed by atoms with Crippen molar-refractivity contribution in [2.45, 2.75) is 45.1 Å². The SMILES string of the molecule is C[C@@H](C(=O)Nc1ccc(C(N)=O)cc1)N1CCCCCCC1. The first-order valence-corrected chi connectivity index (χ1v) is 8.02. The number of likely N-dealkylation sites (tertiary alicyclic amines) is 1. The molecule has 1 aromatic rings. The highest BCUT2D eigenvalue weighted by Gasteiger charge is 2.21. The molecule has 0 aromatic heterocycles. The van der Waals surface area contributed by atoms with Gasteiger partial charge in [0.15, 0.2) is 0 Å². The van der Waals surface area contributed by atoms with Crippen molar-refractivity contribution < 1.29 is 9.59 Å². The minimum absolute atomic E-state index is 0.00704. The van der Waals surface area contributed by atoms with Gasteiger partial charge in [0.25, 0.3) is 0 Å². The molecule has 0 bridgehead atoms. The lowest BCUT2D eigenvalue weighted by molar-refractivity contribution is -0.120. The summed E-state index contributed by atoms with van der Waals surface area (Å²) in [5, 5.41) is 2.91. The number of nitrogens with one attached hydrogen (secondary N) is 1. The van der Waals surface area contributed by atoms with Crippen LogP contribution in [-0.4, -0.2) is 35.8 Å². The van der Waals surface area contributed by atoms with Crippen LogP contribution < -0.4 is 11.1 Å². The summed E-state index contributed by atoms with van der Waals surface area (Å²) < 4.78 is 0. The first-order valence-electron chi connectivity index (χ1n) is 8.02. The first kappa shape index (κ1) is 16.5. The molecule has 2 amide bonds. The van der Waals surface area contributed by atoms with E-state index < -0.39 is 5.91 Å². The first-order chi connectivity index (χ1) is 10.6. The molecule has 1 fully saturated rings. The molecule has 0 aliphatic carbocycles. The van der Waals surface area contributed by atoms with E-state index in [0.717, 1.165) is 25.9 Å². The molecule has 0 radical (unpaired) electrons.